The van der Waals surface area contributed by atoms with Crippen molar-refractivity contribution in [1.82, 2.24) is 4.90 Å². The van der Waals surface area contributed by atoms with Crippen LogP contribution in [0.3, 0.4) is 0 Å². The van der Waals surface area contributed by atoms with E-state index in [1.807, 2.05) is 11.8 Å². The molecule has 3 heteroatoms. The van der Waals surface area contributed by atoms with Gasteiger partial charge in [-0.2, -0.15) is 0 Å². The second-order valence-corrected chi connectivity index (χ2v) is 8.26. The van der Waals surface area contributed by atoms with Gasteiger partial charge in [0.15, 0.2) is 0 Å². The van der Waals surface area contributed by atoms with Gasteiger partial charge in [-0.1, -0.05) is 55.5 Å². The van der Waals surface area contributed by atoms with Crippen LogP contribution in [0.25, 0.3) is 0 Å². The zero-order valence-corrected chi connectivity index (χ0v) is 17.0. The number of anilines is 1. The first-order valence-electron chi connectivity index (χ1n) is 10.9. The molecule has 1 unspecified atom stereocenters. The second kappa shape index (κ2) is 8.91. The van der Waals surface area contributed by atoms with E-state index in [0.717, 1.165) is 24.6 Å². The first-order chi connectivity index (χ1) is 13.8. The maximum absolute atomic E-state index is 12.3. The Bertz CT molecular complexity index is 780. The van der Waals surface area contributed by atoms with E-state index in [-0.39, 0.29) is 5.91 Å². The third-order valence-corrected chi connectivity index (χ3v) is 6.62. The fourth-order valence-electron chi connectivity index (χ4n) is 4.94. The van der Waals surface area contributed by atoms with Crippen LogP contribution in [0.15, 0.2) is 54.6 Å². The van der Waals surface area contributed by atoms with Crippen molar-refractivity contribution < 1.29 is 4.79 Å². The van der Waals surface area contributed by atoms with Gasteiger partial charge in [-0.25, -0.2) is 0 Å². The van der Waals surface area contributed by atoms with Crippen molar-refractivity contribution in [3.8, 4) is 0 Å². The second-order valence-electron chi connectivity index (χ2n) is 8.26. The lowest BCUT2D eigenvalue weighted by atomic mass is 9.86. The van der Waals surface area contributed by atoms with Crippen molar-refractivity contribution in [3.05, 3.63) is 65.7 Å². The number of fused-ring (bicyclic) bond motifs is 1. The van der Waals surface area contributed by atoms with Crippen LogP contribution in [0.5, 0.6) is 0 Å². The first kappa shape index (κ1) is 19.2. The van der Waals surface area contributed by atoms with Crippen LogP contribution in [0.2, 0.25) is 0 Å². The van der Waals surface area contributed by atoms with Crippen LogP contribution in [0.4, 0.5) is 5.69 Å². The Morgan fingerprint density at radius 3 is 2.39 bits per heavy atom. The number of carbonyl (C=O) groups is 1. The highest BCUT2D eigenvalue weighted by Crippen LogP contribution is 2.38. The molecule has 0 spiro atoms. The lowest BCUT2D eigenvalue weighted by Crippen LogP contribution is -2.38. The number of piperidine rings is 1. The molecule has 1 saturated heterocycles. The summed E-state index contributed by atoms with van der Waals surface area (Å²) in [5, 5.41) is 0. The van der Waals surface area contributed by atoms with Crippen LogP contribution >= 0.6 is 0 Å². The molecule has 2 heterocycles. The van der Waals surface area contributed by atoms with E-state index >= 15 is 0 Å². The molecule has 28 heavy (non-hydrogen) atoms. The van der Waals surface area contributed by atoms with Gasteiger partial charge in [0.25, 0.3) is 0 Å². The number of likely N-dealkylation sites (tertiary alicyclic amines) is 1. The molecule has 2 aromatic rings. The molecular weight excluding hydrogens is 344 g/mol. The van der Waals surface area contributed by atoms with E-state index in [9.17, 15) is 4.79 Å². The number of para-hydroxylation sites is 1. The fraction of sp³-hybridized carbons (Fsp3) is 0.480. The number of hydrogen-bond donors (Lipinski definition) is 0. The maximum atomic E-state index is 12.3. The number of hydrogen-bond acceptors (Lipinski definition) is 2. The van der Waals surface area contributed by atoms with Gasteiger partial charge < -0.3 is 9.80 Å². The Labute approximate surface area is 169 Å². The topological polar surface area (TPSA) is 23.6 Å². The Kier molecular flexibility index (Phi) is 6.11. The summed E-state index contributed by atoms with van der Waals surface area (Å²) in [6.45, 7) is 6.39. The molecule has 0 radical (unpaired) electrons. The molecule has 2 aliphatic heterocycles. The van der Waals surface area contributed by atoms with Crippen LogP contribution in [-0.4, -0.2) is 37.0 Å². The van der Waals surface area contributed by atoms with Gasteiger partial charge in [0.05, 0.1) is 0 Å². The lowest BCUT2D eigenvalue weighted by Gasteiger charge is -2.36. The molecule has 1 fully saturated rings. The van der Waals surface area contributed by atoms with E-state index < -0.39 is 0 Å². The summed E-state index contributed by atoms with van der Waals surface area (Å²) in [7, 11) is 0. The average Bonchev–Trinajstić information content (AvgIpc) is 2.78. The molecule has 3 nitrogen and oxygen atoms in total. The van der Waals surface area contributed by atoms with Crippen molar-refractivity contribution in [2.24, 2.45) is 0 Å². The minimum absolute atomic E-state index is 0.244. The van der Waals surface area contributed by atoms with E-state index in [1.165, 1.54) is 50.0 Å². The largest absolute Gasteiger partial charge is 0.312 e. The fourth-order valence-corrected chi connectivity index (χ4v) is 4.94. The Morgan fingerprint density at radius 2 is 1.64 bits per heavy atom. The van der Waals surface area contributed by atoms with Crippen molar-refractivity contribution in [1.29, 1.82) is 0 Å². The summed E-state index contributed by atoms with van der Waals surface area (Å²) in [4.78, 5) is 16.9. The van der Waals surface area contributed by atoms with Gasteiger partial charge in [-0.05, 0) is 74.3 Å². The van der Waals surface area contributed by atoms with Gasteiger partial charge in [0, 0.05) is 18.7 Å². The molecule has 0 saturated carbocycles. The van der Waals surface area contributed by atoms with Gasteiger partial charge in [-0.3, -0.25) is 4.79 Å². The van der Waals surface area contributed by atoms with Gasteiger partial charge in [-0.15, -0.1) is 0 Å². The number of nitrogens with zero attached hydrogens (tertiary/aromatic N) is 2. The number of amides is 1. The molecule has 148 valence electrons. The first-order valence-corrected chi connectivity index (χ1v) is 10.9. The zero-order chi connectivity index (χ0) is 19.3. The summed E-state index contributed by atoms with van der Waals surface area (Å²) in [6.07, 6.45) is 5.40. The monoisotopic (exact) mass is 376 g/mol. The molecule has 1 atom stereocenters. The maximum Gasteiger partial charge on any atom is 0.226 e. The SMILES string of the molecule is CCC(=O)N1CCC(CCN2CCC(c3ccccc3)CC2)c2ccccc21. The van der Waals surface area contributed by atoms with Crippen molar-refractivity contribution in [3.63, 3.8) is 0 Å². The van der Waals surface area contributed by atoms with Gasteiger partial charge in [0.2, 0.25) is 5.91 Å². The highest BCUT2D eigenvalue weighted by Gasteiger charge is 2.28. The molecule has 2 aromatic carbocycles. The molecule has 0 aromatic heterocycles. The summed E-state index contributed by atoms with van der Waals surface area (Å²) in [5.41, 5.74) is 4.02. The van der Waals surface area contributed by atoms with Crippen molar-refractivity contribution >= 4 is 11.6 Å². The molecule has 1 amide bonds. The molecule has 4 rings (SSSR count). The predicted octanol–water partition coefficient (Wildman–Crippen LogP) is 5.19. The third kappa shape index (κ3) is 4.15. The Hall–Kier alpha value is -2.13. The summed E-state index contributed by atoms with van der Waals surface area (Å²) < 4.78 is 0. The average molecular weight is 377 g/mol. The lowest BCUT2D eigenvalue weighted by molar-refractivity contribution is -0.118. The van der Waals surface area contributed by atoms with Gasteiger partial charge >= 0.3 is 0 Å². The van der Waals surface area contributed by atoms with E-state index in [1.54, 1.807) is 0 Å². The minimum atomic E-state index is 0.244. The smallest absolute Gasteiger partial charge is 0.226 e. The van der Waals surface area contributed by atoms with Crippen LogP contribution in [-0.2, 0) is 4.79 Å². The number of rotatable bonds is 5. The van der Waals surface area contributed by atoms with Gasteiger partial charge in [0.1, 0.15) is 0 Å². The van der Waals surface area contributed by atoms with Crippen molar-refractivity contribution in [2.45, 2.75) is 50.9 Å². The molecule has 0 bridgehead atoms. The normalized spacial score (nSPS) is 20.8. The zero-order valence-electron chi connectivity index (χ0n) is 17.0. The number of benzene rings is 2. The molecule has 2 aliphatic rings. The molecule has 0 aliphatic carbocycles. The molecular formula is C25H32N2O. The van der Waals surface area contributed by atoms with E-state index in [0.29, 0.717) is 12.3 Å². The minimum Gasteiger partial charge on any atom is -0.312 e. The predicted molar refractivity (Wildman–Crippen MR) is 116 cm³/mol. The molecule has 0 N–H and O–H groups in total. The van der Waals surface area contributed by atoms with E-state index in [4.69, 9.17) is 0 Å². The van der Waals surface area contributed by atoms with Crippen molar-refractivity contribution in [2.75, 3.05) is 31.1 Å². The summed E-state index contributed by atoms with van der Waals surface area (Å²) in [6, 6.07) is 19.5. The highest BCUT2D eigenvalue weighted by atomic mass is 16.2. The highest BCUT2D eigenvalue weighted by molar-refractivity contribution is 5.94. The third-order valence-electron chi connectivity index (χ3n) is 6.62. The quantitative estimate of drug-likeness (QED) is 0.717. The van der Waals surface area contributed by atoms with Crippen LogP contribution in [0.1, 0.15) is 62.0 Å². The summed E-state index contributed by atoms with van der Waals surface area (Å²) >= 11 is 0. The Balaban J connectivity index is 1.34. The van der Waals surface area contributed by atoms with Crippen LogP contribution in [0, 0.1) is 0 Å². The summed E-state index contributed by atoms with van der Waals surface area (Å²) in [5.74, 6) is 1.54. The van der Waals surface area contributed by atoms with E-state index in [2.05, 4.69) is 59.5 Å². The van der Waals surface area contributed by atoms with Crippen LogP contribution < -0.4 is 4.90 Å². The standard InChI is InChI=1S/C25H32N2O/c1-2-25(28)27-19-15-22(23-10-6-7-11-24(23)27)14-18-26-16-12-21(13-17-26)20-8-4-3-5-9-20/h3-11,21-22H,2,12-19H2,1H3. The Morgan fingerprint density at radius 1 is 0.929 bits per heavy atom. The number of carbonyl (C=O) groups excluding carboxylic acids is 1.